The molecule has 0 aromatic rings. The van der Waals surface area contributed by atoms with Crippen LogP contribution in [0.4, 0.5) is 0 Å². The molecule has 0 saturated carbocycles. The van der Waals surface area contributed by atoms with Crippen LogP contribution in [0.3, 0.4) is 0 Å². The largest absolute Gasteiger partial charge is 0.472 e. The molecule has 0 rings (SSSR count). The Morgan fingerprint density at radius 2 is 0.600 bits per heavy atom. The van der Waals surface area contributed by atoms with Crippen LogP contribution in [-0.2, 0) is 65.4 Å². The maximum Gasteiger partial charge on any atom is 0.472 e. The highest BCUT2D eigenvalue weighted by molar-refractivity contribution is 7.47. The maximum absolute atomic E-state index is 13.0. The first-order valence-corrected chi connectivity index (χ1v) is 39.3. The smallest absolute Gasteiger partial charge is 0.462 e. The predicted molar refractivity (Wildman–Crippen MR) is 363 cm³/mol. The number of hydrogen-bond donors (Lipinski definition) is 3. The van der Waals surface area contributed by atoms with E-state index >= 15 is 0 Å². The van der Waals surface area contributed by atoms with Gasteiger partial charge in [-0.15, -0.1) is 0 Å². The van der Waals surface area contributed by atoms with Crippen molar-refractivity contribution in [3.05, 3.63) is 24.3 Å². The quantitative estimate of drug-likeness (QED) is 0.0169. The molecule has 0 fully saturated rings. The van der Waals surface area contributed by atoms with E-state index in [-0.39, 0.29) is 25.7 Å². The van der Waals surface area contributed by atoms with Crippen LogP contribution in [0.1, 0.15) is 337 Å². The molecule has 17 nitrogen and oxygen atoms in total. The lowest BCUT2D eigenvalue weighted by Gasteiger charge is -2.21. The number of ether oxygens (including phenoxy) is 4. The molecule has 0 bridgehead atoms. The van der Waals surface area contributed by atoms with E-state index in [1.54, 1.807) is 0 Å². The van der Waals surface area contributed by atoms with Crippen molar-refractivity contribution in [2.24, 2.45) is 11.8 Å². The Morgan fingerprint density at radius 1 is 0.344 bits per heavy atom. The van der Waals surface area contributed by atoms with Gasteiger partial charge in [-0.1, -0.05) is 284 Å². The third-order valence-corrected chi connectivity index (χ3v) is 17.7. The first-order valence-electron chi connectivity index (χ1n) is 36.3. The van der Waals surface area contributed by atoms with Crippen LogP contribution in [0.25, 0.3) is 0 Å². The average molecular weight is 1320 g/mol. The lowest BCUT2D eigenvalue weighted by molar-refractivity contribution is -0.161. The Bertz CT molecular complexity index is 1850. The number of rotatable bonds is 68. The molecule has 3 N–H and O–H groups in total. The van der Waals surface area contributed by atoms with Gasteiger partial charge >= 0.3 is 39.5 Å². The van der Waals surface area contributed by atoms with E-state index in [0.717, 1.165) is 121 Å². The van der Waals surface area contributed by atoms with Gasteiger partial charge in [-0.25, -0.2) is 9.13 Å². The summed E-state index contributed by atoms with van der Waals surface area (Å²) in [6, 6.07) is 0. The molecule has 90 heavy (non-hydrogen) atoms. The molecule has 0 radical (unpaired) electrons. The van der Waals surface area contributed by atoms with Crippen molar-refractivity contribution in [2.75, 3.05) is 39.6 Å². The number of aliphatic hydroxyl groups excluding tert-OH is 1. The van der Waals surface area contributed by atoms with Crippen molar-refractivity contribution >= 4 is 39.5 Å². The fraction of sp³-hybridized carbons (Fsp3) is 0.887. The van der Waals surface area contributed by atoms with Gasteiger partial charge in [0, 0.05) is 25.7 Å². The zero-order chi connectivity index (χ0) is 66.5. The highest BCUT2D eigenvalue weighted by atomic mass is 31.2. The molecule has 0 amide bonds. The Balaban J connectivity index is 5.15. The minimum absolute atomic E-state index is 0.0988. The molecule has 5 atom stereocenters. The van der Waals surface area contributed by atoms with Gasteiger partial charge in [-0.3, -0.25) is 37.3 Å². The summed E-state index contributed by atoms with van der Waals surface area (Å²) in [6.07, 6.45) is 51.5. The normalized spacial score (nSPS) is 14.3. The number of carbonyl (C=O) groups is 4. The van der Waals surface area contributed by atoms with Crippen molar-refractivity contribution in [1.82, 2.24) is 0 Å². The molecule has 530 valence electrons. The molecule has 19 heteroatoms. The molecule has 0 aromatic carbocycles. The van der Waals surface area contributed by atoms with Gasteiger partial charge in [0.2, 0.25) is 0 Å². The molecule has 0 aliphatic heterocycles. The Labute approximate surface area is 548 Å². The topological polar surface area (TPSA) is 237 Å². The van der Waals surface area contributed by atoms with E-state index < -0.39 is 97.5 Å². The zero-order valence-corrected chi connectivity index (χ0v) is 59.7. The monoisotopic (exact) mass is 1320 g/mol. The van der Waals surface area contributed by atoms with Crippen LogP contribution in [-0.4, -0.2) is 96.7 Å². The van der Waals surface area contributed by atoms with Crippen molar-refractivity contribution in [2.45, 2.75) is 355 Å². The number of allylic oxidation sites excluding steroid dienone is 4. The standard InChI is InChI=1S/C71H134O17P2/c1-7-9-11-13-14-15-16-17-22-26-29-32-35-42-48-54-69(74)82-60-67(87-70(75)55-49-43-36-33-30-27-24-21-19-18-20-23-25-28-31-34-40-45-51-63(3)4)62-86-90(79,80)84-58-65(72)57-83-89(77,78)85-61-66(59-81-68(73)53-47-39-12-10-8-2)88-71(76)56-50-44-38-37-41-46-52-64(5)6/h15-17,22,63-67,72H,7-14,18-21,23-62H2,1-6H3,(H,77,78)(H,79,80)/b16-15-,22-17-/t65-,66+,67+/m0/s1. The van der Waals surface area contributed by atoms with Crippen molar-refractivity contribution in [3.63, 3.8) is 0 Å². The molecule has 0 spiro atoms. The summed E-state index contributed by atoms with van der Waals surface area (Å²) in [7, 11) is -9.90. The summed E-state index contributed by atoms with van der Waals surface area (Å²) in [6.45, 7) is 9.33. The van der Waals surface area contributed by atoms with Gasteiger partial charge < -0.3 is 33.8 Å². The number of phosphoric acid groups is 2. The van der Waals surface area contributed by atoms with Crippen LogP contribution in [0, 0.1) is 11.8 Å². The molecule has 0 saturated heterocycles. The summed E-state index contributed by atoms with van der Waals surface area (Å²) >= 11 is 0. The second-order valence-electron chi connectivity index (χ2n) is 25.9. The zero-order valence-electron chi connectivity index (χ0n) is 57.9. The average Bonchev–Trinajstić information content (AvgIpc) is 3.54. The SMILES string of the molecule is CCCCCC/C=C\C=C/CCCCCCCC(=O)OC[C@H](COP(=O)(O)OC[C@@H](O)COP(=O)(O)OC[C@@H](COC(=O)CCCCCCC)OC(=O)CCCCCCCCC(C)C)OC(=O)CCCCCCCCCCCCCCCCCCCCC(C)C. The van der Waals surface area contributed by atoms with Crippen LogP contribution >= 0.6 is 15.6 Å². The van der Waals surface area contributed by atoms with E-state index in [1.807, 2.05) is 0 Å². The fourth-order valence-electron chi connectivity index (χ4n) is 10.2. The first kappa shape index (κ1) is 87.5. The van der Waals surface area contributed by atoms with E-state index in [2.05, 4.69) is 65.8 Å². The van der Waals surface area contributed by atoms with E-state index in [4.69, 9.17) is 37.0 Å². The van der Waals surface area contributed by atoms with Gasteiger partial charge in [0.1, 0.15) is 19.3 Å². The number of phosphoric ester groups is 2. The van der Waals surface area contributed by atoms with Gasteiger partial charge in [0.25, 0.3) is 0 Å². The number of hydrogen-bond acceptors (Lipinski definition) is 15. The van der Waals surface area contributed by atoms with Gasteiger partial charge in [-0.05, 0) is 63.2 Å². The molecule has 0 heterocycles. The van der Waals surface area contributed by atoms with Crippen LogP contribution in [0.2, 0.25) is 0 Å². The molecule has 0 aliphatic rings. The van der Waals surface area contributed by atoms with E-state index in [1.165, 1.54) is 128 Å². The maximum atomic E-state index is 13.0. The minimum atomic E-state index is -4.96. The van der Waals surface area contributed by atoms with Crippen LogP contribution < -0.4 is 0 Å². The van der Waals surface area contributed by atoms with Crippen molar-refractivity contribution < 1.29 is 80.2 Å². The Morgan fingerprint density at radius 3 is 0.911 bits per heavy atom. The molecule has 0 aromatic heterocycles. The summed E-state index contributed by atoms with van der Waals surface area (Å²) in [5.41, 5.74) is 0. The second-order valence-corrected chi connectivity index (χ2v) is 28.8. The van der Waals surface area contributed by atoms with Crippen LogP contribution in [0.15, 0.2) is 24.3 Å². The number of unbranched alkanes of at least 4 members (excludes halogenated alkanes) is 35. The van der Waals surface area contributed by atoms with Gasteiger partial charge in [0.05, 0.1) is 26.4 Å². The lowest BCUT2D eigenvalue weighted by atomic mass is 10.0. The van der Waals surface area contributed by atoms with E-state index in [0.29, 0.717) is 31.6 Å². The highest BCUT2D eigenvalue weighted by Gasteiger charge is 2.30. The summed E-state index contributed by atoms with van der Waals surface area (Å²) in [5.74, 6) is -0.684. The molecular weight excluding hydrogens is 1190 g/mol. The third-order valence-electron chi connectivity index (χ3n) is 15.8. The van der Waals surface area contributed by atoms with Crippen LogP contribution in [0.5, 0.6) is 0 Å². The molecule has 2 unspecified atom stereocenters. The summed E-state index contributed by atoms with van der Waals surface area (Å²) in [4.78, 5) is 72.2. The lowest BCUT2D eigenvalue weighted by Crippen LogP contribution is -2.30. The third kappa shape index (κ3) is 64.3. The second kappa shape index (κ2) is 62.6. The minimum Gasteiger partial charge on any atom is -0.462 e. The number of carbonyl (C=O) groups excluding carboxylic acids is 4. The Hall–Kier alpha value is -2.46. The Kier molecular flexibility index (Phi) is 60.9. The number of esters is 4. The first-order chi connectivity index (χ1) is 43.4. The predicted octanol–water partition coefficient (Wildman–Crippen LogP) is 19.9. The molecule has 0 aliphatic carbocycles. The molecular formula is C71H134O17P2. The summed E-state index contributed by atoms with van der Waals surface area (Å²) in [5, 5.41) is 10.5. The highest BCUT2D eigenvalue weighted by Crippen LogP contribution is 2.45. The van der Waals surface area contributed by atoms with Crippen molar-refractivity contribution in [3.8, 4) is 0 Å². The number of aliphatic hydroxyl groups is 1. The summed E-state index contributed by atoms with van der Waals surface area (Å²) < 4.78 is 68.0. The van der Waals surface area contributed by atoms with Crippen molar-refractivity contribution in [1.29, 1.82) is 0 Å². The van der Waals surface area contributed by atoms with Gasteiger partial charge in [0.15, 0.2) is 12.2 Å². The fourth-order valence-corrected chi connectivity index (χ4v) is 11.8. The van der Waals surface area contributed by atoms with E-state index in [9.17, 15) is 43.2 Å². The van der Waals surface area contributed by atoms with Gasteiger partial charge in [-0.2, -0.15) is 0 Å².